The van der Waals surface area contributed by atoms with Crippen molar-refractivity contribution >= 4 is 21.4 Å². The second-order valence-corrected chi connectivity index (χ2v) is 7.65. The summed E-state index contributed by atoms with van der Waals surface area (Å²) in [6, 6.07) is 2.08. The van der Waals surface area contributed by atoms with E-state index in [1.807, 2.05) is 5.38 Å². The van der Waals surface area contributed by atoms with Crippen molar-refractivity contribution in [1.82, 2.24) is 20.2 Å². The van der Waals surface area contributed by atoms with E-state index in [0.717, 1.165) is 11.1 Å². The van der Waals surface area contributed by atoms with E-state index in [2.05, 4.69) is 34.1 Å². The molecule has 3 N–H and O–H groups in total. The Morgan fingerprint density at radius 1 is 1.35 bits per heavy atom. The van der Waals surface area contributed by atoms with Crippen LogP contribution < -0.4 is 10.0 Å². The summed E-state index contributed by atoms with van der Waals surface area (Å²) in [6.07, 6.45) is 3.25. The Morgan fingerprint density at radius 3 is 2.80 bits per heavy atom. The fraction of sp³-hybridized carbons (Fsp3) is 0.417. The highest BCUT2D eigenvalue weighted by Gasteiger charge is 2.16. The number of nitrogens with one attached hydrogen (secondary N) is 3. The number of sulfonamides is 1. The zero-order valence-corrected chi connectivity index (χ0v) is 13.0. The summed E-state index contributed by atoms with van der Waals surface area (Å²) in [5, 5.41) is 11.5. The summed E-state index contributed by atoms with van der Waals surface area (Å²) in [6.45, 7) is 5.01. The summed E-state index contributed by atoms with van der Waals surface area (Å²) in [5.41, 5.74) is 1.78. The maximum absolute atomic E-state index is 12.1. The maximum Gasteiger partial charge on any atom is 0.250 e. The van der Waals surface area contributed by atoms with E-state index in [4.69, 9.17) is 0 Å². The number of hydrogen-bond acceptors (Lipinski definition) is 5. The maximum atomic E-state index is 12.1. The Labute approximate surface area is 122 Å². The van der Waals surface area contributed by atoms with E-state index in [-0.39, 0.29) is 6.54 Å². The largest absolute Gasteiger partial charge is 0.310 e. The van der Waals surface area contributed by atoms with Gasteiger partial charge in [-0.05, 0) is 17.0 Å². The lowest BCUT2D eigenvalue weighted by atomic mass is 10.3. The molecule has 0 aliphatic heterocycles. The van der Waals surface area contributed by atoms with Gasteiger partial charge in [-0.2, -0.15) is 5.10 Å². The van der Waals surface area contributed by atoms with Crippen molar-refractivity contribution in [3.63, 3.8) is 0 Å². The Kier molecular flexibility index (Phi) is 4.92. The number of aromatic nitrogens is 2. The highest BCUT2D eigenvalue weighted by molar-refractivity contribution is 7.91. The Hall–Kier alpha value is -1.22. The molecule has 110 valence electrons. The SMILES string of the molecule is CC(C)NCc1csc(S(=O)(=O)NCc2cn[nH]c2)c1. The summed E-state index contributed by atoms with van der Waals surface area (Å²) < 4.78 is 27.1. The number of hydrogen-bond donors (Lipinski definition) is 3. The van der Waals surface area contributed by atoms with Crippen molar-refractivity contribution in [3.8, 4) is 0 Å². The van der Waals surface area contributed by atoms with Crippen molar-refractivity contribution in [2.75, 3.05) is 0 Å². The van der Waals surface area contributed by atoms with Gasteiger partial charge in [0.1, 0.15) is 4.21 Å². The molecule has 0 atom stereocenters. The van der Waals surface area contributed by atoms with Gasteiger partial charge < -0.3 is 5.32 Å². The number of thiophene rings is 1. The monoisotopic (exact) mass is 314 g/mol. The van der Waals surface area contributed by atoms with Crippen LogP contribution in [-0.4, -0.2) is 24.7 Å². The van der Waals surface area contributed by atoms with Crippen LogP contribution in [-0.2, 0) is 23.1 Å². The first-order chi connectivity index (χ1) is 9.47. The van der Waals surface area contributed by atoms with Crippen molar-refractivity contribution in [2.24, 2.45) is 0 Å². The van der Waals surface area contributed by atoms with Crippen LogP contribution in [0.1, 0.15) is 25.0 Å². The molecule has 0 aromatic carbocycles. The molecule has 0 amide bonds. The van der Waals surface area contributed by atoms with Crippen LogP contribution in [0.25, 0.3) is 0 Å². The minimum atomic E-state index is -3.46. The zero-order valence-electron chi connectivity index (χ0n) is 11.4. The lowest BCUT2D eigenvalue weighted by Crippen LogP contribution is -2.22. The molecule has 0 bridgehead atoms. The molecule has 0 saturated heterocycles. The predicted octanol–water partition coefficient (Wildman–Crippen LogP) is 1.45. The highest BCUT2D eigenvalue weighted by atomic mass is 32.2. The predicted molar refractivity (Wildman–Crippen MR) is 78.9 cm³/mol. The molecular weight excluding hydrogens is 296 g/mol. The number of nitrogens with zero attached hydrogens (tertiary/aromatic N) is 1. The second-order valence-electron chi connectivity index (χ2n) is 4.74. The van der Waals surface area contributed by atoms with Crippen LogP contribution in [0.3, 0.4) is 0 Å². The molecule has 2 rings (SSSR count). The van der Waals surface area contributed by atoms with Crippen LogP contribution in [0.4, 0.5) is 0 Å². The first-order valence-corrected chi connectivity index (χ1v) is 8.62. The Balaban J connectivity index is 1.98. The normalized spacial score (nSPS) is 12.2. The van der Waals surface area contributed by atoms with Gasteiger partial charge in [0.05, 0.1) is 6.20 Å². The van der Waals surface area contributed by atoms with E-state index >= 15 is 0 Å². The smallest absolute Gasteiger partial charge is 0.250 e. The van der Waals surface area contributed by atoms with Gasteiger partial charge in [0.2, 0.25) is 10.0 Å². The highest BCUT2D eigenvalue weighted by Crippen LogP contribution is 2.20. The number of rotatable bonds is 7. The van der Waals surface area contributed by atoms with Crippen LogP contribution in [0, 0.1) is 0 Å². The molecule has 6 nitrogen and oxygen atoms in total. The first kappa shape index (κ1) is 15.2. The third-order valence-electron chi connectivity index (χ3n) is 2.63. The van der Waals surface area contributed by atoms with E-state index in [0.29, 0.717) is 16.8 Å². The van der Waals surface area contributed by atoms with Crippen LogP contribution >= 0.6 is 11.3 Å². The quantitative estimate of drug-likeness (QED) is 0.722. The molecule has 8 heteroatoms. The molecular formula is C12H18N4O2S2. The summed E-state index contributed by atoms with van der Waals surface area (Å²) in [7, 11) is -3.46. The molecule has 0 aliphatic rings. The third kappa shape index (κ3) is 4.14. The Morgan fingerprint density at radius 2 is 2.15 bits per heavy atom. The van der Waals surface area contributed by atoms with Gasteiger partial charge in [0, 0.05) is 30.9 Å². The minimum absolute atomic E-state index is 0.232. The van der Waals surface area contributed by atoms with Gasteiger partial charge in [-0.25, -0.2) is 13.1 Å². The summed E-state index contributed by atoms with van der Waals surface area (Å²) >= 11 is 1.23. The average Bonchev–Trinajstić information content (AvgIpc) is 3.05. The standard InChI is InChI=1S/C12H18N4O2S2/c1-9(2)13-4-10-3-12(19-8-10)20(17,18)16-7-11-5-14-15-6-11/h3,5-6,8-9,13,16H,4,7H2,1-2H3,(H,14,15). The molecule has 0 aliphatic carbocycles. The van der Waals surface area contributed by atoms with Crippen LogP contribution in [0.5, 0.6) is 0 Å². The molecule has 0 spiro atoms. The molecule has 0 saturated carbocycles. The summed E-state index contributed by atoms with van der Waals surface area (Å²) in [5.74, 6) is 0. The van der Waals surface area contributed by atoms with E-state index in [1.54, 1.807) is 18.5 Å². The van der Waals surface area contributed by atoms with E-state index in [1.165, 1.54) is 11.3 Å². The second kappa shape index (κ2) is 6.49. The fourth-order valence-electron chi connectivity index (χ4n) is 1.53. The van der Waals surface area contributed by atoms with E-state index in [9.17, 15) is 8.42 Å². The Bertz CT molecular complexity index is 632. The number of aromatic amines is 1. The van der Waals surface area contributed by atoms with Crippen molar-refractivity contribution in [3.05, 3.63) is 35.0 Å². The van der Waals surface area contributed by atoms with Gasteiger partial charge in [0.15, 0.2) is 0 Å². The minimum Gasteiger partial charge on any atom is -0.310 e. The lowest BCUT2D eigenvalue weighted by Gasteiger charge is -2.05. The molecule has 20 heavy (non-hydrogen) atoms. The molecule has 2 heterocycles. The average molecular weight is 314 g/mol. The van der Waals surface area contributed by atoms with Gasteiger partial charge in [0.25, 0.3) is 0 Å². The molecule has 0 fully saturated rings. The molecule has 2 aromatic heterocycles. The molecule has 0 radical (unpaired) electrons. The lowest BCUT2D eigenvalue weighted by molar-refractivity contribution is 0.582. The topological polar surface area (TPSA) is 86.9 Å². The van der Waals surface area contributed by atoms with Crippen LogP contribution in [0.2, 0.25) is 0 Å². The van der Waals surface area contributed by atoms with Gasteiger partial charge >= 0.3 is 0 Å². The molecule has 2 aromatic rings. The van der Waals surface area contributed by atoms with Crippen molar-refractivity contribution < 1.29 is 8.42 Å². The van der Waals surface area contributed by atoms with Crippen LogP contribution in [0.15, 0.2) is 28.0 Å². The van der Waals surface area contributed by atoms with Crippen molar-refractivity contribution in [2.45, 2.75) is 37.2 Å². The van der Waals surface area contributed by atoms with Gasteiger partial charge in [-0.15, -0.1) is 11.3 Å². The van der Waals surface area contributed by atoms with E-state index < -0.39 is 10.0 Å². The fourth-order valence-corrected chi connectivity index (χ4v) is 3.80. The molecule has 0 unspecified atom stereocenters. The van der Waals surface area contributed by atoms with Gasteiger partial charge in [-0.1, -0.05) is 13.8 Å². The first-order valence-electron chi connectivity index (χ1n) is 6.25. The summed E-state index contributed by atoms with van der Waals surface area (Å²) in [4.78, 5) is 0. The third-order valence-corrected chi connectivity index (χ3v) is 5.52. The van der Waals surface area contributed by atoms with Gasteiger partial charge in [-0.3, -0.25) is 5.10 Å². The number of H-pyrrole nitrogens is 1. The zero-order chi connectivity index (χ0) is 14.6. The van der Waals surface area contributed by atoms with Crippen molar-refractivity contribution in [1.29, 1.82) is 0 Å².